The van der Waals surface area contributed by atoms with Crippen molar-refractivity contribution in [2.24, 2.45) is 0 Å². The molecular weight excluding hydrogens is 398 g/mol. The number of amides is 2. The molecule has 1 saturated heterocycles. The van der Waals surface area contributed by atoms with Crippen molar-refractivity contribution in [1.29, 1.82) is 0 Å². The Hall–Kier alpha value is -3.01. The van der Waals surface area contributed by atoms with Gasteiger partial charge in [0, 0.05) is 58.6 Å². The van der Waals surface area contributed by atoms with Crippen LogP contribution in [0.1, 0.15) is 39.8 Å². The van der Waals surface area contributed by atoms with Crippen molar-refractivity contribution in [2.75, 3.05) is 52.3 Å². The van der Waals surface area contributed by atoms with Gasteiger partial charge in [-0.15, -0.1) is 0 Å². The predicted molar refractivity (Wildman–Crippen MR) is 116 cm³/mol. The Morgan fingerprint density at radius 3 is 2.74 bits per heavy atom. The number of ether oxygens (including phenoxy) is 1. The minimum Gasteiger partial charge on any atom is -0.383 e. The van der Waals surface area contributed by atoms with Crippen LogP contribution in [0.5, 0.6) is 0 Å². The predicted octanol–water partition coefficient (Wildman–Crippen LogP) is 0.748. The summed E-state index contributed by atoms with van der Waals surface area (Å²) >= 11 is 0. The lowest BCUT2D eigenvalue weighted by Crippen LogP contribution is -2.33. The number of nitrogens with zero attached hydrogens (tertiary/aromatic N) is 6. The molecule has 2 aromatic rings. The number of hydrogen-bond donors (Lipinski definition) is 1. The zero-order valence-corrected chi connectivity index (χ0v) is 18.9. The molecule has 31 heavy (non-hydrogen) atoms. The minimum absolute atomic E-state index is 0.0154. The second kappa shape index (κ2) is 9.86. The topological polar surface area (TPSA) is 105 Å². The fourth-order valence-corrected chi connectivity index (χ4v) is 3.72. The lowest BCUT2D eigenvalue weighted by molar-refractivity contribution is -0.131. The Morgan fingerprint density at radius 2 is 2.10 bits per heavy atom. The first-order chi connectivity index (χ1) is 14.8. The molecule has 2 aromatic heterocycles. The smallest absolute Gasteiger partial charge is 0.254 e. The molecule has 0 aliphatic carbocycles. The van der Waals surface area contributed by atoms with E-state index >= 15 is 0 Å². The van der Waals surface area contributed by atoms with E-state index in [1.165, 1.54) is 0 Å². The van der Waals surface area contributed by atoms with E-state index in [1.54, 1.807) is 22.9 Å². The Labute approximate surface area is 182 Å². The minimum atomic E-state index is -0.232. The van der Waals surface area contributed by atoms with E-state index in [2.05, 4.69) is 20.4 Å². The molecule has 1 atom stereocenters. The lowest BCUT2D eigenvalue weighted by atomic mass is 10.00. The van der Waals surface area contributed by atoms with Crippen molar-refractivity contribution < 1.29 is 14.3 Å². The molecule has 1 fully saturated rings. The summed E-state index contributed by atoms with van der Waals surface area (Å²) in [7, 11) is 5.30. The molecule has 0 radical (unpaired) electrons. The molecule has 0 spiro atoms. The second-order valence-electron chi connectivity index (χ2n) is 8.02. The van der Waals surface area contributed by atoms with Crippen LogP contribution in [0.3, 0.4) is 0 Å². The molecule has 0 saturated carbocycles. The summed E-state index contributed by atoms with van der Waals surface area (Å²) in [5.74, 6) is 0.289. The van der Waals surface area contributed by atoms with Crippen molar-refractivity contribution in [3.63, 3.8) is 0 Å². The molecule has 2 amide bonds. The van der Waals surface area contributed by atoms with Crippen molar-refractivity contribution in [2.45, 2.75) is 32.7 Å². The summed E-state index contributed by atoms with van der Waals surface area (Å²) in [5, 5.41) is 7.22. The van der Waals surface area contributed by atoms with Crippen LogP contribution in [0.25, 0.3) is 0 Å². The van der Waals surface area contributed by atoms with Crippen molar-refractivity contribution >= 4 is 17.8 Å². The summed E-state index contributed by atoms with van der Waals surface area (Å²) in [6.07, 6.45) is 2.31. The van der Waals surface area contributed by atoms with Gasteiger partial charge in [-0.3, -0.25) is 14.3 Å². The van der Waals surface area contributed by atoms with Crippen LogP contribution in [0.4, 0.5) is 5.95 Å². The van der Waals surface area contributed by atoms with Crippen LogP contribution >= 0.6 is 0 Å². The Balaban J connectivity index is 1.76. The van der Waals surface area contributed by atoms with Crippen molar-refractivity contribution in [1.82, 2.24) is 30.0 Å². The highest BCUT2D eigenvalue weighted by Crippen LogP contribution is 2.29. The SMILES string of the molecule is COCCNC(=O)c1cnc(N(C)C)nc1C1CCN(C(=O)Cn2nc(C)cc2C)C1. The van der Waals surface area contributed by atoms with Gasteiger partial charge in [-0.25, -0.2) is 9.97 Å². The number of nitrogens with one attached hydrogen (secondary N) is 1. The van der Waals surface area contributed by atoms with E-state index in [4.69, 9.17) is 4.74 Å². The second-order valence-corrected chi connectivity index (χ2v) is 8.02. The summed E-state index contributed by atoms with van der Waals surface area (Å²) in [5.41, 5.74) is 2.98. The third-order valence-corrected chi connectivity index (χ3v) is 5.36. The molecule has 1 aliphatic rings. The zero-order chi connectivity index (χ0) is 22.5. The van der Waals surface area contributed by atoms with Crippen LogP contribution in [0, 0.1) is 13.8 Å². The zero-order valence-electron chi connectivity index (χ0n) is 18.9. The highest BCUT2D eigenvalue weighted by molar-refractivity contribution is 5.95. The van der Waals surface area contributed by atoms with E-state index in [1.807, 2.05) is 38.9 Å². The van der Waals surface area contributed by atoms with E-state index in [9.17, 15) is 9.59 Å². The van der Waals surface area contributed by atoms with Crippen molar-refractivity contribution in [3.8, 4) is 0 Å². The van der Waals surface area contributed by atoms with Crippen molar-refractivity contribution in [3.05, 3.63) is 34.9 Å². The number of likely N-dealkylation sites (tertiary alicyclic amines) is 1. The van der Waals surface area contributed by atoms with Crippen LogP contribution in [-0.2, 0) is 16.1 Å². The highest BCUT2D eigenvalue weighted by Gasteiger charge is 2.32. The lowest BCUT2D eigenvalue weighted by Gasteiger charge is -2.19. The highest BCUT2D eigenvalue weighted by atomic mass is 16.5. The third-order valence-electron chi connectivity index (χ3n) is 5.36. The monoisotopic (exact) mass is 429 g/mol. The molecule has 0 bridgehead atoms. The normalized spacial score (nSPS) is 15.9. The van der Waals surface area contributed by atoms with Crippen LogP contribution in [-0.4, -0.2) is 83.9 Å². The van der Waals surface area contributed by atoms with E-state index in [0.29, 0.717) is 43.4 Å². The number of methoxy groups -OCH3 is 1. The number of carbonyl (C=O) groups is 2. The van der Waals surface area contributed by atoms with Gasteiger partial charge in [0.25, 0.3) is 5.91 Å². The first-order valence-electron chi connectivity index (χ1n) is 10.4. The molecule has 10 heteroatoms. The van der Waals surface area contributed by atoms with Gasteiger partial charge in [0.1, 0.15) is 6.54 Å². The molecule has 1 aliphatic heterocycles. The molecule has 3 rings (SSSR count). The number of anilines is 1. The summed E-state index contributed by atoms with van der Waals surface area (Å²) < 4.78 is 6.73. The van der Waals surface area contributed by atoms with E-state index in [-0.39, 0.29) is 24.3 Å². The Kier molecular flexibility index (Phi) is 7.21. The fourth-order valence-electron chi connectivity index (χ4n) is 3.72. The van der Waals surface area contributed by atoms with Crippen LogP contribution in [0.2, 0.25) is 0 Å². The fraction of sp³-hybridized carbons (Fsp3) is 0.571. The number of aromatic nitrogens is 4. The summed E-state index contributed by atoms with van der Waals surface area (Å²) in [6.45, 7) is 6.03. The number of rotatable bonds is 8. The average Bonchev–Trinajstić information content (AvgIpc) is 3.34. The van der Waals surface area contributed by atoms with Gasteiger partial charge in [0.05, 0.1) is 23.6 Å². The molecular formula is C21H31N7O3. The van der Waals surface area contributed by atoms with Crippen LogP contribution < -0.4 is 10.2 Å². The molecule has 1 N–H and O–H groups in total. The van der Waals surface area contributed by atoms with Gasteiger partial charge in [0.2, 0.25) is 11.9 Å². The molecule has 10 nitrogen and oxygen atoms in total. The van der Waals surface area contributed by atoms with E-state index < -0.39 is 0 Å². The van der Waals surface area contributed by atoms with Gasteiger partial charge in [-0.05, 0) is 26.3 Å². The van der Waals surface area contributed by atoms with E-state index in [0.717, 1.165) is 17.8 Å². The third kappa shape index (κ3) is 5.38. The number of carbonyl (C=O) groups excluding carboxylic acids is 2. The quantitative estimate of drug-likeness (QED) is 0.617. The van der Waals surface area contributed by atoms with Gasteiger partial charge in [-0.1, -0.05) is 0 Å². The maximum Gasteiger partial charge on any atom is 0.254 e. The molecule has 3 heterocycles. The Bertz CT molecular complexity index is 941. The average molecular weight is 430 g/mol. The van der Waals surface area contributed by atoms with Gasteiger partial charge < -0.3 is 19.9 Å². The number of hydrogen-bond acceptors (Lipinski definition) is 7. The summed E-state index contributed by atoms with van der Waals surface area (Å²) in [6, 6.07) is 1.96. The molecule has 1 unspecified atom stereocenters. The molecule has 0 aromatic carbocycles. The largest absolute Gasteiger partial charge is 0.383 e. The molecule has 168 valence electrons. The standard InChI is InChI=1S/C21H31N7O3/c1-14-10-15(2)28(25-14)13-18(29)27-8-6-16(12-27)19-17(20(30)22-7-9-31-5)11-23-21(24-19)26(3)4/h10-11,16H,6-9,12-13H2,1-5H3,(H,22,30). The van der Waals surface area contributed by atoms with Gasteiger partial charge in [-0.2, -0.15) is 5.10 Å². The Morgan fingerprint density at radius 1 is 1.32 bits per heavy atom. The maximum atomic E-state index is 12.9. The van der Waals surface area contributed by atoms with Gasteiger partial charge in [0.15, 0.2) is 0 Å². The van der Waals surface area contributed by atoms with Gasteiger partial charge >= 0.3 is 0 Å². The maximum absolute atomic E-state index is 12.9. The first kappa shape index (κ1) is 22.7. The van der Waals surface area contributed by atoms with Crippen LogP contribution in [0.15, 0.2) is 12.3 Å². The summed E-state index contributed by atoms with van der Waals surface area (Å²) in [4.78, 5) is 38.2. The first-order valence-corrected chi connectivity index (χ1v) is 10.4. The number of aryl methyl sites for hydroxylation is 2.